The first kappa shape index (κ1) is 14.5. The number of likely N-dealkylation sites (N-methyl/N-ethyl adjacent to an activating group) is 2. The predicted molar refractivity (Wildman–Crippen MR) is 81.4 cm³/mol. The summed E-state index contributed by atoms with van der Waals surface area (Å²) in [5.41, 5.74) is 10.4. The molecule has 2 N–H and O–H groups in total. The third kappa shape index (κ3) is 3.35. The molecular formula is C16H27N3. The highest BCUT2D eigenvalue weighted by atomic mass is 15.3. The molecule has 0 bridgehead atoms. The molecule has 1 aromatic rings. The Morgan fingerprint density at radius 3 is 2.74 bits per heavy atom. The van der Waals surface area contributed by atoms with Gasteiger partial charge in [0, 0.05) is 31.7 Å². The highest BCUT2D eigenvalue weighted by Crippen LogP contribution is 2.24. The standard InChI is InChI=1S/C16H27N3/c1-12-6-5-7-15(13(12)2)16(17)10-14-11-18(3)8-9-19(14)4/h5-7,14,16H,8-11,17H2,1-4H3. The second-order valence-corrected chi connectivity index (χ2v) is 6.03. The minimum Gasteiger partial charge on any atom is -0.324 e. The van der Waals surface area contributed by atoms with Gasteiger partial charge in [-0.25, -0.2) is 0 Å². The fourth-order valence-corrected chi connectivity index (χ4v) is 2.95. The Labute approximate surface area is 117 Å². The normalized spacial score (nSPS) is 23.5. The molecule has 1 aromatic carbocycles. The van der Waals surface area contributed by atoms with Crippen molar-refractivity contribution in [2.45, 2.75) is 32.4 Å². The van der Waals surface area contributed by atoms with Gasteiger partial charge in [0.2, 0.25) is 0 Å². The molecule has 1 aliphatic rings. The van der Waals surface area contributed by atoms with E-state index in [1.807, 2.05) is 0 Å². The van der Waals surface area contributed by atoms with Crippen LogP contribution in [0.3, 0.4) is 0 Å². The van der Waals surface area contributed by atoms with E-state index in [4.69, 9.17) is 5.73 Å². The van der Waals surface area contributed by atoms with Crippen LogP contribution in [0.4, 0.5) is 0 Å². The molecule has 1 heterocycles. The van der Waals surface area contributed by atoms with Gasteiger partial charge in [-0.2, -0.15) is 0 Å². The first-order chi connectivity index (χ1) is 8.99. The van der Waals surface area contributed by atoms with Crippen LogP contribution in [-0.4, -0.2) is 49.6 Å². The largest absolute Gasteiger partial charge is 0.324 e. The number of hydrogen-bond donors (Lipinski definition) is 1. The van der Waals surface area contributed by atoms with Gasteiger partial charge < -0.3 is 15.5 Å². The number of hydrogen-bond acceptors (Lipinski definition) is 3. The molecule has 0 saturated carbocycles. The van der Waals surface area contributed by atoms with E-state index in [1.165, 1.54) is 16.7 Å². The van der Waals surface area contributed by atoms with Crippen LogP contribution >= 0.6 is 0 Å². The van der Waals surface area contributed by atoms with Crippen LogP contribution in [0.1, 0.15) is 29.2 Å². The summed E-state index contributed by atoms with van der Waals surface area (Å²) >= 11 is 0. The molecule has 0 aliphatic carbocycles. The molecular weight excluding hydrogens is 234 g/mol. The fraction of sp³-hybridized carbons (Fsp3) is 0.625. The van der Waals surface area contributed by atoms with Crippen molar-refractivity contribution in [3.63, 3.8) is 0 Å². The second-order valence-electron chi connectivity index (χ2n) is 6.03. The highest BCUT2D eigenvalue weighted by molar-refractivity contribution is 5.35. The lowest BCUT2D eigenvalue weighted by Gasteiger charge is -2.39. The van der Waals surface area contributed by atoms with Crippen molar-refractivity contribution in [3.05, 3.63) is 34.9 Å². The van der Waals surface area contributed by atoms with Gasteiger partial charge >= 0.3 is 0 Å². The molecule has 19 heavy (non-hydrogen) atoms. The average Bonchev–Trinajstić information content (AvgIpc) is 2.37. The third-order valence-corrected chi connectivity index (χ3v) is 4.55. The number of benzene rings is 1. The molecule has 1 aliphatic heterocycles. The summed E-state index contributed by atoms with van der Waals surface area (Å²) in [6.45, 7) is 7.76. The predicted octanol–water partition coefficient (Wildman–Crippen LogP) is 1.94. The molecule has 0 radical (unpaired) electrons. The summed E-state index contributed by atoms with van der Waals surface area (Å²) in [6, 6.07) is 7.16. The van der Waals surface area contributed by atoms with Crippen molar-refractivity contribution in [2.24, 2.45) is 5.73 Å². The molecule has 3 heteroatoms. The van der Waals surface area contributed by atoms with E-state index in [9.17, 15) is 0 Å². The Hall–Kier alpha value is -0.900. The van der Waals surface area contributed by atoms with Crippen molar-refractivity contribution < 1.29 is 0 Å². The van der Waals surface area contributed by atoms with Gasteiger partial charge in [0.25, 0.3) is 0 Å². The molecule has 2 rings (SSSR count). The minimum atomic E-state index is 0.138. The van der Waals surface area contributed by atoms with Crippen LogP contribution < -0.4 is 5.73 Å². The van der Waals surface area contributed by atoms with E-state index >= 15 is 0 Å². The number of piperazine rings is 1. The summed E-state index contributed by atoms with van der Waals surface area (Å²) < 4.78 is 0. The van der Waals surface area contributed by atoms with E-state index in [0.29, 0.717) is 6.04 Å². The Kier molecular flexibility index (Phi) is 4.61. The topological polar surface area (TPSA) is 32.5 Å². The van der Waals surface area contributed by atoms with Gasteiger partial charge in [0.15, 0.2) is 0 Å². The molecule has 2 unspecified atom stereocenters. The minimum absolute atomic E-state index is 0.138. The van der Waals surface area contributed by atoms with Crippen LogP contribution in [-0.2, 0) is 0 Å². The molecule has 1 saturated heterocycles. The molecule has 0 amide bonds. The van der Waals surface area contributed by atoms with E-state index in [1.54, 1.807) is 0 Å². The van der Waals surface area contributed by atoms with Crippen molar-refractivity contribution in [2.75, 3.05) is 33.7 Å². The zero-order chi connectivity index (χ0) is 14.0. The lowest BCUT2D eigenvalue weighted by Crippen LogP contribution is -2.50. The summed E-state index contributed by atoms with van der Waals surface area (Å²) in [5.74, 6) is 0. The molecule has 106 valence electrons. The number of aryl methyl sites for hydroxylation is 1. The van der Waals surface area contributed by atoms with Crippen molar-refractivity contribution >= 4 is 0 Å². The van der Waals surface area contributed by atoms with Crippen molar-refractivity contribution in [3.8, 4) is 0 Å². The zero-order valence-corrected chi connectivity index (χ0v) is 12.7. The summed E-state index contributed by atoms with van der Waals surface area (Å²) in [7, 11) is 4.41. The van der Waals surface area contributed by atoms with Crippen molar-refractivity contribution in [1.29, 1.82) is 0 Å². The molecule has 0 aromatic heterocycles. The maximum absolute atomic E-state index is 6.46. The fourth-order valence-electron chi connectivity index (χ4n) is 2.95. The molecule has 1 fully saturated rings. The van der Waals surface area contributed by atoms with Gasteiger partial charge in [-0.1, -0.05) is 18.2 Å². The SMILES string of the molecule is Cc1cccc(C(N)CC2CN(C)CCN2C)c1C. The van der Waals surface area contributed by atoms with Gasteiger partial charge in [-0.3, -0.25) is 0 Å². The number of rotatable bonds is 3. The van der Waals surface area contributed by atoms with Crippen molar-refractivity contribution in [1.82, 2.24) is 9.80 Å². The van der Waals surface area contributed by atoms with Crippen LogP contribution in [0.25, 0.3) is 0 Å². The number of nitrogens with two attached hydrogens (primary N) is 1. The Balaban J connectivity index is 2.07. The van der Waals surface area contributed by atoms with Gasteiger partial charge in [-0.05, 0) is 51.1 Å². The maximum Gasteiger partial charge on any atom is 0.0313 e. The highest BCUT2D eigenvalue weighted by Gasteiger charge is 2.25. The Bertz CT molecular complexity index is 430. The number of nitrogens with zero attached hydrogens (tertiary/aromatic N) is 2. The lowest BCUT2D eigenvalue weighted by atomic mass is 9.93. The first-order valence-corrected chi connectivity index (χ1v) is 7.19. The van der Waals surface area contributed by atoms with Crippen LogP contribution in [0.2, 0.25) is 0 Å². The van der Waals surface area contributed by atoms with Gasteiger partial charge in [-0.15, -0.1) is 0 Å². The van der Waals surface area contributed by atoms with Gasteiger partial charge in [0.05, 0.1) is 0 Å². The van der Waals surface area contributed by atoms with Gasteiger partial charge in [0.1, 0.15) is 0 Å². The first-order valence-electron chi connectivity index (χ1n) is 7.19. The lowest BCUT2D eigenvalue weighted by molar-refractivity contribution is 0.104. The smallest absolute Gasteiger partial charge is 0.0313 e. The Morgan fingerprint density at radius 1 is 1.26 bits per heavy atom. The molecule has 2 atom stereocenters. The summed E-state index contributed by atoms with van der Waals surface area (Å²) in [6.07, 6.45) is 1.03. The van der Waals surface area contributed by atoms with E-state index in [-0.39, 0.29) is 6.04 Å². The molecule has 0 spiro atoms. The van der Waals surface area contributed by atoms with E-state index in [2.05, 4.69) is 55.9 Å². The monoisotopic (exact) mass is 261 g/mol. The summed E-state index contributed by atoms with van der Waals surface area (Å²) in [5, 5.41) is 0. The zero-order valence-electron chi connectivity index (χ0n) is 12.7. The quantitative estimate of drug-likeness (QED) is 0.902. The van der Waals surface area contributed by atoms with Crippen LogP contribution in [0.5, 0.6) is 0 Å². The second kappa shape index (κ2) is 6.04. The van der Waals surface area contributed by atoms with E-state index in [0.717, 1.165) is 26.1 Å². The summed E-state index contributed by atoms with van der Waals surface area (Å²) in [4.78, 5) is 4.85. The third-order valence-electron chi connectivity index (χ3n) is 4.55. The van der Waals surface area contributed by atoms with Crippen LogP contribution in [0.15, 0.2) is 18.2 Å². The average molecular weight is 261 g/mol. The molecule has 3 nitrogen and oxygen atoms in total. The Morgan fingerprint density at radius 2 is 2.00 bits per heavy atom. The van der Waals surface area contributed by atoms with E-state index < -0.39 is 0 Å². The maximum atomic E-state index is 6.46. The van der Waals surface area contributed by atoms with Crippen LogP contribution in [0, 0.1) is 13.8 Å².